The number of aliphatic carboxylic acids is 1. The molecule has 1 aromatic heterocycles. The molecule has 0 radical (unpaired) electrons. The van der Waals surface area contributed by atoms with Crippen molar-refractivity contribution in [3.63, 3.8) is 0 Å². The van der Waals surface area contributed by atoms with E-state index in [9.17, 15) is 4.79 Å². The summed E-state index contributed by atoms with van der Waals surface area (Å²) in [6.45, 7) is 2.05. The van der Waals surface area contributed by atoms with Crippen molar-refractivity contribution >= 4 is 5.97 Å². The molecule has 16 heavy (non-hydrogen) atoms. The third kappa shape index (κ3) is 2.26. The summed E-state index contributed by atoms with van der Waals surface area (Å²) in [5.74, 6) is -0.161. The first-order chi connectivity index (χ1) is 7.68. The number of hydrogen-bond donors (Lipinski definition) is 2. The zero-order valence-corrected chi connectivity index (χ0v) is 9.62. The van der Waals surface area contributed by atoms with Gasteiger partial charge in [0.05, 0.1) is 12.1 Å². The maximum absolute atomic E-state index is 10.5. The predicted molar refractivity (Wildman–Crippen MR) is 60.5 cm³/mol. The molecular weight excluding hydrogens is 204 g/mol. The van der Waals surface area contributed by atoms with Crippen molar-refractivity contribution in [2.24, 2.45) is 0 Å². The Morgan fingerprint density at radius 3 is 2.81 bits per heavy atom. The Kier molecular flexibility index (Phi) is 3.27. The molecule has 1 fully saturated rings. The number of carbonyl (C=O) groups is 1. The minimum atomic E-state index is -0.753. The summed E-state index contributed by atoms with van der Waals surface area (Å²) in [6, 6.07) is 0. The van der Waals surface area contributed by atoms with Crippen LogP contribution in [0.5, 0.6) is 0 Å². The largest absolute Gasteiger partial charge is 0.481 e. The Hall–Kier alpha value is -1.32. The van der Waals surface area contributed by atoms with Gasteiger partial charge in [-0.05, 0) is 31.7 Å². The highest BCUT2D eigenvalue weighted by molar-refractivity contribution is 5.67. The van der Waals surface area contributed by atoms with Gasteiger partial charge in [-0.2, -0.15) is 5.10 Å². The van der Waals surface area contributed by atoms with Crippen LogP contribution in [0.2, 0.25) is 0 Å². The Labute approximate surface area is 95.1 Å². The zero-order valence-electron chi connectivity index (χ0n) is 9.62. The second-order valence-corrected chi connectivity index (χ2v) is 4.59. The molecule has 0 amide bonds. The Balaban J connectivity index is 2.07. The second kappa shape index (κ2) is 4.68. The minimum absolute atomic E-state index is 0.174. The van der Waals surface area contributed by atoms with Crippen LogP contribution in [0.25, 0.3) is 0 Å². The van der Waals surface area contributed by atoms with E-state index in [4.69, 9.17) is 5.11 Å². The first-order valence-electron chi connectivity index (χ1n) is 5.94. The van der Waals surface area contributed by atoms with Crippen molar-refractivity contribution in [3.8, 4) is 0 Å². The number of nitrogens with one attached hydrogen (secondary N) is 1. The molecule has 1 heterocycles. The maximum atomic E-state index is 10.5. The normalized spacial score (nSPS) is 16.8. The van der Waals surface area contributed by atoms with Crippen LogP contribution in [-0.2, 0) is 11.2 Å². The molecule has 1 aliphatic rings. The monoisotopic (exact) mass is 222 g/mol. The number of nitrogens with zero attached hydrogens (tertiary/aromatic N) is 1. The fourth-order valence-corrected chi connectivity index (χ4v) is 2.52. The second-order valence-electron chi connectivity index (χ2n) is 4.59. The van der Waals surface area contributed by atoms with Crippen LogP contribution in [0, 0.1) is 6.92 Å². The fourth-order valence-electron chi connectivity index (χ4n) is 2.52. The van der Waals surface area contributed by atoms with Crippen LogP contribution in [0.4, 0.5) is 0 Å². The molecule has 2 rings (SSSR count). The van der Waals surface area contributed by atoms with E-state index in [1.54, 1.807) is 0 Å². The van der Waals surface area contributed by atoms with Gasteiger partial charge in [-0.25, -0.2) is 0 Å². The lowest BCUT2D eigenvalue weighted by Crippen LogP contribution is -1.99. The summed E-state index contributed by atoms with van der Waals surface area (Å²) in [7, 11) is 0. The number of aromatic nitrogens is 2. The molecular formula is C12H18N2O2. The number of aromatic amines is 1. The van der Waals surface area contributed by atoms with Crippen LogP contribution in [0.15, 0.2) is 0 Å². The van der Waals surface area contributed by atoms with E-state index >= 15 is 0 Å². The summed E-state index contributed by atoms with van der Waals surface area (Å²) in [6.07, 6.45) is 5.77. The number of H-pyrrole nitrogens is 1. The molecule has 0 atom stereocenters. The fraction of sp³-hybridized carbons (Fsp3) is 0.667. The highest BCUT2D eigenvalue weighted by atomic mass is 16.4. The van der Waals surface area contributed by atoms with E-state index in [2.05, 4.69) is 10.2 Å². The van der Waals surface area contributed by atoms with Gasteiger partial charge in [0.2, 0.25) is 0 Å². The van der Waals surface area contributed by atoms with Gasteiger partial charge in [-0.15, -0.1) is 0 Å². The molecule has 0 spiro atoms. The van der Waals surface area contributed by atoms with Crippen LogP contribution in [-0.4, -0.2) is 21.3 Å². The van der Waals surface area contributed by atoms with Crippen LogP contribution in [0.3, 0.4) is 0 Å². The molecule has 4 nitrogen and oxygen atoms in total. The molecule has 1 saturated carbocycles. The molecule has 0 unspecified atom stereocenters. The number of aryl methyl sites for hydroxylation is 1. The van der Waals surface area contributed by atoms with Gasteiger partial charge in [0.15, 0.2) is 0 Å². The minimum Gasteiger partial charge on any atom is -0.481 e. The summed E-state index contributed by atoms with van der Waals surface area (Å²) in [5, 5.41) is 16.0. The topological polar surface area (TPSA) is 66.0 Å². The maximum Gasteiger partial charge on any atom is 0.303 e. The molecule has 0 aliphatic heterocycles. The van der Waals surface area contributed by atoms with Crippen molar-refractivity contribution in [1.29, 1.82) is 0 Å². The van der Waals surface area contributed by atoms with E-state index < -0.39 is 5.97 Å². The lowest BCUT2D eigenvalue weighted by atomic mass is 9.99. The lowest BCUT2D eigenvalue weighted by molar-refractivity contribution is -0.136. The summed E-state index contributed by atoms with van der Waals surface area (Å²) in [4.78, 5) is 10.5. The zero-order chi connectivity index (χ0) is 11.5. The quantitative estimate of drug-likeness (QED) is 0.822. The van der Waals surface area contributed by atoms with Gasteiger partial charge in [-0.1, -0.05) is 12.8 Å². The molecule has 4 heteroatoms. The summed E-state index contributed by atoms with van der Waals surface area (Å²) in [5.41, 5.74) is 3.33. The molecule has 1 aromatic rings. The third-order valence-electron chi connectivity index (χ3n) is 3.48. The number of hydrogen-bond acceptors (Lipinski definition) is 2. The van der Waals surface area contributed by atoms with Crippen molar-refractivity contribution < 1.29 is 9.90 Å². The molecule has 0 bridgehead atoms. The smallest absolute Gasteiger partial charge is 0.303 e. The van der Waals surface area contributed by atoms with E-state index in [1.165, 1.54) is 31.2 Å². The predicted octanol–water partition coefficient (Wildman–Crippen LogP) is 2.39. The molecule has 0 aromatic carbocycles. The third-order valence-corrected chi connectivity index (χ3v) is 3.48. The number of carboxylic acid groups (broad SMARTS) is 1. The summed E-state index contributed by atoms with van der Waals surface area (Å²) >= 11 is 0. The SMILES string of the molecule is Cc1c(C2CCCC2)n[nH]c1CCC(=O)O. The highest BCUT2D eigenvalue weighted by Crippen LogP contribution is 2.35. The number of carboxylic acids is 1. The molecule has 1 aliphatic carbocycles. The van der Waals surface area contributed by atoms with E-state index in [1.807, 2.05) is 6.92 Å². The van der Waals surface area contributed by atoms with Crippen LogP contribution >= 0.6 is 0 Å². The summed E-state index contributed by atoms with van der Waals surface area (Å²) < 4.78 is 0. The average Bonchev–Trinajstić information content (AvgIpc) is 2.84. The van der Waals surface area contributed by atoms with Gasteiger partial charge in [0.25, 0.3) is 0 Å². The first-order valence-corrected chi connectivity index (χ1v) is 5.94. The highest BCUT2D eigenvalue weighted by Gasteiger charge is 2.22. The van der Waals surface area contributed by atoms with Crippen molar-refractivity contribution in [3.05, 3.63) is 17.0 Å². The molecule has 0 saturated heterocycles. The van der Waals surface area contributed by atoms with Crippen molar-refractivity contribution in [2.45, 2.75) is 51.4 Å². The van der Waals surface area contributed by atoms with Gasteiger partial charge >= 0.3 is 5.97 Å². The van der Waals surface area contributed by atoms with E-state index in [0.717, 1.165) is 11.4 Å². The number of rotatable bonds is 4. The van der Waals surface area contributed by atoms with Crippen molar-refractivity contribution in [1.82, 2.24) is 10.2 Å². The molecule has 88 valence electrons. The van der Waals surface area contributed by atoms with Gasteiger partial charge in [0, 0.05) is 11.6 Å². The standard InChI is InChI=1S/C12H18N2O2/c1-8-10(6-7-11(15)16)13-14-12(8)9-4-2-3-5-9/h9H,2-7H2,1H3,(H,13,14)(H,15,16). The Morgan fingerprint density at radius 2 is 2.19 bits per heavy atom. The van der Waals surface area contributed by atoms with E-state index in [0.29, 0.717) is 12.3 Å². The Morgan fingerprint density at radius 1 is 1.50 bits per heavy atom. The molecule has 2 N–H and O–H groups in total. The van der Waals surface area contributed by atoms with Crippen molar-refractivity contribution in [2.75, 3.05) is 0 Å². The van der Waals surface area contributed by atoms with Gasteiger partial charge in [0.1, 0.15) is 0 Å². The van der Waals surface area contributed by atoms with Gasteiger partial charge in [-0.3, -0.25) is 9.89 Å². The Bertz CT molecular complexity index is 378. The first kappa shape index (κ1) is 11.2. The van der Waals surface area contributed by atoms with Crippen LogP contribution < -0.4 is 0 Å². The van der Waals surface area contributed by atoms with Gasteiger partial charge < -0.3 is 5.11 Å². The lowest BCUT2D eigenvalue weighted by Gasteiger charge is -2.06. The van der Waals surface area contributed by atoms with E-state index in [-0.39, 0.29) is 6.42 Å². The van der Waals surface area contributed by atoms with Crippen LogP contribution in [0.1, 0.15) is 55.0 Å². The average molecular weight is 222 g/mol.